The number of carboxylic acid groups (broad SMARTS) is 1. The summed E-state index contributed by atoms with van der Waals surface area (Å²) in [6, 6.07) is -0.181. The molecule has 1 aromatic rings. The Labute approximate surface area is 115 Å². The molecule has 0 saturated carbocycles. The number of nitrogens with zero attached hydrogens (tertiary/aromatic N) is 4. The van der Waals surface area contributed by atoms with Crippen LogP contribution in [0.25, 0.3) is 0 Å². The van der Waals surface area contributed by atoms with Gasteiger partial charge in [0.1, 0.15) is 0 Å². The van der Waals surface area contributed by atoms with E-state index < -0.39 is 5.97 Å². The highest BCUT2D eigenvalue weighted by molar-refractivity contribution is 5.84. The van der Waals surface area contributed by atoms with Crippen LogP contribution in [-0.2, 0) is 6.54 Å². The number of nitrogens with one attached hydrogen (secondary N) is 1. The number of hydrogen-bond acceptors (Lipinski definition) is 5. The van der Waals surface area contributed by atoms with Gasteiger partial charge in [0.2, 0.25) is 0 Å². The lowest BCUT2D eigenvalue weighted by Gasteiger charge is -2.16. The first kappa shape index (κ1) is 14.3. The standard InChI is InChI=1S/C11H17N5O4/c17-7-8-1-3-15(5-8)11(20)12-2-4-16-6-9(10(18)19)13-14-16/h6,8,17H,1-5,7H2,(H,12,20)(H,18,19). The molecule has 0 aliphatic carbocycles. The molecule has 0 spiro atoms. The number of carboxylic acids is 1. The summed E-state index contributed by atoms with van der Waals surface area (Å²) in [5, 5.41) is 27.5. The van der Waals surface area contributed by atoms with Crippen LogP contribution >= 0.6 is 0 Å². The molecule has 1 fully saturated rings. The third-order valence-corrected chi connectivity index (χ3v) is 3.21. The van der Waals surface area contributed by atoms with Gasteiger partial charge in [0.25, 0.3) is 0 Å². The van der Waals surface area contributed by atoms with E-state index in [4.69, 9.17) is 10.2 Å². The molecule has 1 aliphatic heterocycles. The van der Waals surface area contributed by atoms with Crippen molar-refractivity contribution < 1.29 is 19.8 Å². The number of aliphatic hydroxyl groups excluding tert-OH is 1. The number of amides is 2. The van der Waals surface area contributed by atoms with Crippen molar-refractivity contribution in [3.8, 4) is 0 Å². The van der Waals surface area contributed by atoms with Crippen LogP contribution in [0.5, 0.6) is 0 Å². The first-order valence-corrected chi connectivity index (χ1v) is 6.37. The van der Waals surface area contributed by atoms with E-state index in [2.05, 4.69) is 15.6 Å². The molecule has 1 unspecified atom stereocenters. The van der Waals surface area contributed by atoms with E-state index in [1.807, 2.05) is 0 Å². The average molecular weight is 283 g/mol. The van der Waals surface area contributed by atoms with Crippen LogP contribution in [0.2, 0.25) is 0 Å². The van der Waals surface area contributed by atoms with Crippen LogP contribution in [0.4, 0.5) is 4.79 Å². The van der Waals surface area contributed by atoms with Gasteiger partial charge in [-0.1, -0.05) is 5.21 Å². The molecule has 1 saturated heterocycles. The summed E-state index contributed by atoms with van der Waals surface area (Å²) in [6.07, 6.45) is 2.13. The molecular formula is C11H17N5O4. The van der Waals surface area contributed by atoms with E-state index in [9.17, 15) is 9.59 Å². The third-order valence-electron chi connectivity index (χ3n) is 3.21. The van der Waals surface area contributed by atoms with Gasteiger partial charge in [-0.3, -0.25) is 0 Å². The highest BCUT2D eigenvalue weighted by Crippen LogP contribution is 2.14. The highest BCUT2D eigenvalue weighted by Gasteiger charge is 2.25. The predicted molar refractivity (Wildman–Crippen MR) is 67.1 cm³/mol. The molecule has 1 aromatic heterocycles. The summed E-state index contributed by atoms with van der Waals surface area (Å²) >= 11 is 0. The van der Waals surface area contributed by atoms with Gasteiger partial charge in [-0.05, 0) is 6.42 Å². The normalized spacial score (nSPS) is 18.2. The molecule has 20 heavy (non-hydrogen) atoms. The lowest BCUT2D eigenvalue weighted by atomic mass is 10.1. The summed E-state index contributed by atoms with van der Waals surface area (Å²) < 4.78 is 1.37. The average Bonchev–Trinajstić information content (AvgIpc) is 3.07. The zero-order valence-corrected chi connectivity index (χ0v) is 10.9. The van der Waals surface area contributed by atoms with Crippen LogP contribution in [-0.4, -0.2) is 68.3 Å². The van der Waals surface area contributed by atoms with Crippen LogP contribution in [0.15, 0.2) is 6.20 Å². The number of aliphatic hydroxyl groups is 1. The minimum Gasteiger partial charge on any atom is -0.476 e. The number of aromatic nitrogens is 3. The van der Waals surface area contributed by atoms with E-state index in [1.54, 1.807) is 4.90 Å². The molecule has 0 aromatic carbocycles. The van der Waals surface area contributed by atoms with E-state index in [0.717, 1.165) is 6.42 Å². The molecule has 2 rings (SSSR count). The second kappa shape index (κ2) is 6.33. The van der Waals surface area contributed by atoms with Crippen LogP contribution in [0.1, 0.15) is 16.9 Å². The van der Waals surface area contributed by atoms with Gasteiger partial charge in [0.15, 0.2) is 5.69 Å². The van der Waals surface area contributed by atoms with E-state index in [1.165, 1.54) is 10.9 Å². The topological polar surface area (TPSA) is 121 Å². The maximum Gasteiger partial charge on any atom is 0.358 e. The molecule has 9 nitrogen and oxygen atoms in total. The smallest absolute Gasteiger partial charge is 0.358 e. The molecule has 0 radical (unpaired) electrons. The molecule has 1 atom stereocenters. The molecule has 110 valence electrons. The Morgan fingerprint density at radius 2 is 2.30 bits per heavy atom. The van der Waals surface area contributed by atoms with Crippen LogP contribution in [0, 0.1) is 5.92 Å². The van der Waals surface area contributed by atoms with Crippen molar-refractivity contribution in [3.05, 3.63) is 11.9 Å². The van der Waals surface area contributed by atoms with Crippen molar-refractivity contribution in [1.29, 1.82) is 0 Å². The molecule has 3 N–H and O–H groups in total. The second-order valence-corrected chi connectivity index (χ2v) is 4.69. The molecular weight excluding hydrogens is 266 g/mol. The Bertz CT molecular complexity index is 489. The summed E-state index contributed by atoms with van der Waals surface area (Å²) in [7, 11) is 0. The number of carbonyl (C=O) groups is 2. The summed E-state index contributed by atoms with van der Waals surface area (Å²) in [4.78, 5) is 24.1. The van der Waals surface area contributed by atoms with Gasteiger partial charge in [-0.15, -0.1) is 5.10 Å². The van der Waals surface area contributed by atoms with E-state index in [-0.39, 0.29) is 24.2 Å². The molecule has 2 heterocycles. The first-order chi connectivity index (χ1) is 9.60. The zero-order chi connectivity index (χ0) is 14.5. The van der Waals surface area contributed by atoms with Crippen molar-refractivity contribution in [2.24, 2.45) is 5.92 Å². The van der Waals surface area contributed by atoms with E-state index >= 15 is 0 Å². The second-order valence-electron chi connectivity index (χ2n) is 4.69. The number of carbonyl (C=O) groups excluding carboxylic acids is 1. The van der Waals surface area contributed by atoms with Crippen molar-refractivity contribution in [3.63, 3.8) is 0 Å². The van der Waals surface area contributed by atoms with Gasteiger partial charge in [-0.25, -0.2) is 14.3 Å². The zero-order valence-electron chi connectivity index (χ0n) is 10.9. The fraction of sp³-hybridized carbons (Fsp3) is 0.636. The fourth-order valence-corrected chi connectivity index (χ4v) is 2.06. The van der Waals surface area contributed by atoms with Gasteiger partial charge < -0.3 is 20.4 Å². The quantitative estimate of drug-likeness (QED) is 0.637. The summed E-state index contributed by atoms with van der Waals surface area (Å²) in [5.41, 5.74) is -0.123. The Balaban J connectivity index is 1.72. The third kappa shape index (κ3) is 3.44. The van der Waals surface area contributed by atoms with Crippen molar-refractivity contribution in [1.82, 2.24) is 25.2 Å². The first-order valence-electron chi connectivity index (χ1n) is 6.37. The minimum absolute atomic E-state index is 0.0979. The number of urea groups is 1. The molecule has 2 amide bonds. The fourth-order valence-electron chi connectivity index (χ4n) is 2.06. The molecule has 0 bridgehead atoms. The number of likely N-dealkylation sites (tertiary alicyclic amines) is 1. The number of aromatic carboxylic acids is 1. The Morgan fingerprint density at radius 3 is 2.90 bits per heavy atom. The Morgan fingerprint density at radius 1 is 1.50 bits per heavy atom. The highest BCUT2D eigenvalue weighted by atomic mass is 16.4. The van der Waals surface area contributed by atoms with Gasteiger partial charge in [0.05, 0.1) is 12.7 Å². The van der Waals surface area contributed by atoms with Gasteiger partial charge in [0, 0.05) is 32.2 Å². The summed E-state index contributed by atoms with van der Waals surface area (Å²) in [5.74, 6) is -0.971. The number of rotatable bonds is 5. The maximum absolute atomic E-state index is 11.8. The SMILES string of the molecule is O=C(O)c1cn(CCNC(=O)N2CCC(CO)C2)nn1. The maximum atomic E-state index is 11.8. The largest absolute Gasteiger partial charge is 0.476 e. The Hall–Kier alpha value is -2.16. The van der Waals surface area contributed by atoms with Crippen LogP contribution in [0.3, 0.4) is 0 Å². The monoisotopic (exact) mass is 283 g/mol. The van der Waals surface area contributed by atoms with Gasteiger partial charge in [-0.2, -0.15) is 0 Å². The minimum atomic E-state index is -1.13. The van der Waals surface area contributed by atoms with Crippen LogP contribution < -0.4 is 5.32 Å². The predicted octanol–water partition coefficient (Wildman–Crippen LogP) is -1.000. The number of hydrogen-bond donors (Lipinski definition) is 3. The summed E-state index contributed by atoms with van der Waals surface area (Å²) in [6.45, 7) is 1.99. The van der Waals surface area contributed by atoms with Crippen molar-refractivity contribution in [2.75, 3.05) is 26.2 Å². The Kier molecular flexibility index (Phi) is 4.51. The molecule has 1 aliphatic rings. The molecule has 9 heteroatoms. The lowest BCUT2D eigenvalue weighted by Crippen LogP contribution is -2.40. The lowest BCUT2D eigenvalue weighted by molar-refractivity contribution is 0.0690. The van der Waals surface area contributed by atoms with Crippen molar-refractivity contribution >= 4 is 12.0 Å². The van der Waals surface area contributed by atoms with E-state index in [0.29, 0.717) is 26.2 Å². The van der Waals surface area contributed by atoms with Crippen molar-refractivity contribution in [2.45, 2.75) is 13.0 Å². The van der Waals surface area contributed by atoms with Gasteiger partial charge >= 0.3 is 12.0 Å².